The van der Waals surface area contributed by atoms with Crippen molar-refractivity contribution in [3.05, 3.63) is 248 Å². The van der Waals surface area contributed by atoms with E-state index in [0.717, 1.165) is 12.2 Å². The molecule has 0 saturated carbocycles. The molecular weight excluding hydrogens is 733 g/mol. The van der Waals surface area contributed by atoms with Crippen LogP contribution in [0.2, 0.25) is 0 Å². The van der Waals surface area contributed by atoms with Crippen molar-refractivity contribution in [3.63, 3.8) is 0 Å². The van der Waals surface area contributed by atoms with Crippen molar-refractivity contribution >= 4 is 33.1 Å². The molecule has 0 aromatic heterocycles. The fourth-order valence-electron chi connectivity index (χ4n) is 8.44. The van der Waals surface area contributed by atoms with Crippen molar-refractivity contribution < 1.29 is 0 Å². The lowest BCUT2D eigenvalue weighted by Gasteiger charge is -2.51. The van der Waals surface area contributed by atoms with Gasteiger partial charge in [0.2, 0.25) is 0 Å². The van der Waals surface area contributed by atoms with Crippen LogP contribution in [0.1, 0.15) is 5.56 Å². The van der Waals surface area contributed by atoms with E-state index >= 15 is 0 Å². The van der Waals surface area contributed by atoms with Crippen molar-refractivity contribution in [2.75, 3.05) is 14.4 Å². The van der Waals surface area contributed by atoms with Crippen LogP contribution in [-0.2, 0) is 6.42 Å². The van der Waals surface area contributed by atoms with Gasteiger partial charge in [-0.3, -0.25) is 8.61 Å². The zero-order valence-electron chi connectivity index (χ0n) is 32.8. The molecule has 0 N–H and O–H groups in total. The Labute approximate surface area is 349 Å². The number of hydrogen-bond acceptors (Lipinski definition) is 2. The molecule has 0 aliphatic carbocycles. The molecule has 0 atom stereocenters. The summed E-state index contributed by atoms with van der Waals surface area (Å²) in [7, 11) is -2.03. The first-order chi connectivity index (χ1) is 29.2. The average molecular weight is 777 g/mol. The summed E-state index contributed by atoms with van der Waals surface area (Å²) in [5, 5.41) is 0. The Morgan fingerprint density at radius 2 is 0.559 bits per heavy atom. The number of hydrogen-bond donors (Lipinski definition) is 0. The fourth-order valence-corrected chi connectivity index (χ4v) is 12.6. The summed E-state index contributed by atoms with van der Waals surface area (Å²) in [5.74, 6) is 0.901. The molecule has 1 aliphatic heterocycles. The summed E-state index contributed by atoms with van der Waals surface area (Å²) >= 11 is 0. The maximum absolute atomic E-state index is 2.69. The van der Waals surface area contributed by atoms with Crippen LogP contribution in [-0.4, -0.2) is 5.75 Å². The van der Waals surface area contributed by atoms with E-state index < -0.39 is 10.4 Å². The van der Waals surface area contributed by atoms with Gasteiger partial charge in [0.05, 0.1) is 22.7 Å². The second-order valence-corrected chi connectivity index (χ2v) is 17.9. The molecule has 3 heteroatoms. The highest BCUT2D eigenvalue weighted by atomic mass is 32.3. The molecule has 9 aromatic carbocycles. The highest BCUT2D eigenvalue weighted by Gasteiger charge is 2.48. The van der Waals surface area contributed by atoms with E-state index in [1.54, 1.807) is 0 Å². The number of fused-ring (bicyclic) bond motifs is 1. The summed E-state index contributed by atoms with van der Waals surface area (Å²) in [4.78, 5) is 1.31. The Balaban J connectivity index is 1.16. The van der Waals surface area contributed by atoms with Gasteiger partial charge in [0.15, 0.2) is 0 Å². The fraction of sp³-hybridized carbons (Fsp3) is 0.0357. The first-order valence-electron chi connectivity index (χ1n) is 20.4. The van der Waals surface area contributed by atoms with E-state index in [2.05, 4.69) is 251 Å². The Morgan fingerprint density at radius 1 is 0.271 bits per heavy atom. The second kappa shape index (κ2) is 16.1. The lowest BCUT2D eigenvalue weighted by Crippen LogP contribution is -2.32. The lowest BCUT2D eigenvalue weighted by atomic mass is 10.0. The number of rotatable bonds is 10. The molecular formula is C56H44N2S. The minimum atomic E-state index is -2.03. The SMILES string of the molecule is c1ccc(-c2ccc(CCS3(c4ccc(-c5ccccc5)cc4)N(c4ccc(-c5ccccc5)cc4)c4ccccc4N3c3ccc(-c4ccccc4)cc3)cc2)cc1. The van der Waals surface area contributed by atoms with Crippen molar-refractivity contribution in [2.24, 2.45) is 0 Å². The van der Waals surface area contributed by atoms with Crippen molar-refractivity contribution in [1.82, 2.24) is 0 Å². The third kappa shape index (κ3) is 7.01. The van der Waals surface area contributed by atoms with Gasteiger partial charge in [0.25, 0.3) is 0 Å². The van der Waals surface area contributed by atoms with Gasteiger partial charge in [-0.25, -0.2) is 0 Å². The normalized spacial score (nSPS) is 13.5. The third-order valence-corrected chi connectivity index (χ3v) is 15.2. The minimum absolute atomic E-state index is 0.899. The first kappa shape index (κ1) is 36.3. The van der Waals surface area contributed by atoms with Gasteiger partial charge in [-0.2, -0.15) is 0 Å². The van der Waals surface area contributed by atoms with E-state index in [1.165, 1.54) is 77.7 Å². The van der Waals surface area contributed by atoms with Crippen molar-refractivity contribution in [3.8, 4) is 44.5 Å². The van der Waals surface area contributed by atoms with E-state index in [1.807, 2.05) is 0 Å². The Morgan fingerprint density at radius 3 is 0.915 bits per heavy atom. The predicted molar refractivity (Wildman–Crippen MR) is 253 cm³/mol. The Kier molecular flexibility index (Phi) is 9.87. The zero-order valence-corrected chi connectivity index (χ0v) is 33.6. The quantitative estimate of drug-likeness (QED) is 0.136. The molecule has 59 heavy (non-hydrogen) atoms. The molecule has 0 bridgehead atoms. The highest BCUT2D eigenvalue weighted by Crippen LogP contribution is 2.75. The maximum atomic E-state index is 2.69. The van der Waals surface area contributed by atoms with E-state index in [9.17, 15) is 0 Å². The van der Waals surface area contributed by atoms with Gasteiger partial charge in [-0.15, -0.1) is 0 Å². The first-order valence-corrected chi connectivity index (χ1v) is 22.1. The van der Waals surface area contributed by atoms with Crippen LogP contribution in [0.25, 0.3) is 44.5 Å². The molecule has 0 radical (unpaired) electrons. The average Bonchev–Trinajstić information content (AvgIpc) is 3.63. The van der Waals surface area contributed by atoms with Gasteiger partial charge in [-0.05, 0) is 105 Å². The summed E-state index contributed by atoms with van der Waals surface area (Å²) < 4.78 is 5.39. The molecule has 0 saturated heterocycles. The van der Waals surface area contributed by atoms with Gasteiger partial charge < -0.3 is 0 Å². The third-order valence-electron chi connectivity index (χ3n) is 11.4. The molecule has 0 amide bonds. The predicted octanol–water partition coefficient (Wildman–Crippen LogP) is 15.6. The van der Waals surface area contributed by atoms with E-state index in [4.69, 9.17) is 0 Å². The minimum Gasteiger partial charge on any atom is -0.281 e. The molecule has 284 valence electrons. The zero-order chi connectivity index (χ0) is 39.4. The van der Waals surface area contributed by atoms with Crippen LogP contribution in [0.4, 0.5) is 22.7 Å². The Hall–Kier alpha value is -7.07. The lowest BCUT2D eigenvalue weighted by molar-refractivity contribution is 1.12. The number of nitrogens with zero attached hydrogens (tertiary/aromatic N) is 2. The molecule has 1 heterocycles. The number of benzene rings is 9. The van der Waals surface area contributed by atoms with Crippen LogP contribution in [0.15, 0.2) is 248 Å². The van der Waals surface area contributed by atoms with Gasteiger partial charge in [0.1, 0.15) is 0 Å². The second-order valence-electron chi connectivity index (χ2n) is 15.0. The smallest absolute Gasteiger partial charge is 0.0774 e. The van der Waals surface area contributed by atoms with E-state index in [-0.39, 0.29) is 0 Å². The van der Waals surface area contributed by atoms with Crippen LogP contribution in [0, 0.1) is 0 Å². The van der Waals surface area contributed by atoms with E-state index in [0.29, 0.717) is 0 Å². The molecule has 2 nitrogen and oxygen atoms in total. The standard InChI is InChI=1S/C56H44N2S/c1-5-15-44(16-6-1)48-27-25-43(26-28-48)41-42-59(54-39-33-51(34-40-54)47-21-11-4-12-22-47)57(52-35-29-49(30-36-52)45-17-7-2-8-18-45)55-23-13-14-24-56(55)58(59)53-37-31-50(32-38-53)46-19-9-3-10-20-46/h1-40H,41-42H2. The highest BCUT2D eigenvalue weighted by molar-refractivity contribution is 8.36. The van der Waals surface area contributed by atoms with Gasteiger partial charge in [-0.1, -0.05) is 205 Å². The topological polar surface area (TPSA) is 6.48 Å². The molecule has 10 rings (SSSR count). The molecule has 9 aromatic rings. The number of aryl methyl sites for hydroxylation is 1. The Bertz CT molecular complexity index is 2660. The van der Waals surface area contributed by atoms with Crippen LogP contribution >= 0.6 is 10.4 Å². The monoisotopic (exact) mass is 776 g/mol. The summed E-state index contributed by atoms with van der Waals surface area (Å²) in [5.41, 5.74) is 15.9. The molecule has 1 aliphatic rings. The summed E-state index contributed by atoms with van der Waals surface area (Å²) in [6, 6.07) is 88.9. The van der Waals surface area contributed by atoms with Crippen LogP contribution in [0.5, 0.6) is 0 Å². The number of anilines is 4. The number of para-hydroxylation sites is 2. The van der Waals surface area contributed by atoms with Crippen molar-refractivity contribution in [1.29, 1.82) is 0 Å². The van der Waals surface area contributed by atoms with Gasteiger partial charge in [0, 0.05) is 10.6 Å². The summed E-state index contributed by atoms with van der Waals surface area (Å²) in [6.45, 7) is 0. The largest absolute Gasteiger partial charge is 0.281 e. The molecule has 0 spiro atoms. The van der Waals surface area contributed by atoms with Crippen LogP contribution < -0.4 is 8.61 Å². The van der Waals surface area contributed by atoms with Crippen LogP contribution in [0.3, 0.4) is 0 Å². The molecule has 0 unspecified atom stereocenters. The maximum Gasteiger partial charge on any atom is 0.0774 e. The molecule has 0 fully saturated rings. The van der Waals surface area contributed by atoms with Crippen molar-refractivity contribution in [2.45, 2.75) is 11.3 Å². The van der Waals surface area contributed by atoms with Gasteiger partial charge >= 0.3 is 0 Å². The summed E-state index contributed by atoms with van der Waals surface area (Å²) in [6.07, 6.45) is 0.899.